The summed E-state index contributed by atoms with van der Waals surface area (Å²) in [5.74, 6) is 1.14. The number of amides is 1. The van der Waals surface area contributed by atoms with E-state index in [0.29, 0.717) is 31.7 Å². The van der Waals surface area contributed by atoms with Crippen molar-refractivity contribution in [3.63, 3.8) is 0 Å². The monoisotopic (exact) mass is 301 g/mol. The maximum absolute atomic E-state index is 11.5. The Balaban J connectivity index is 1.97. The lowest BCUT2D eigenvalue weighted by molar-refractivity contribution is -0.143. The van der Waals surface area contributed by atoms with Crippen molar-refractivity contribution in [2.24, 2.45) is 0 Å². The molecule has 1 aromatic heterocycles. The van der Waals surface area contributed by atoms with Gasteiger partial charge in [0, 0.05) is 23.6 Å². The molecule has 106 valence electrons. The quantitative estimate of drug-likeness (QED) is 0.562. The van der Waals surface area contributed by atoms with Crippen LogP contribution in [0.5, 0.6) is 0 Å². The molecule has 0 spiro atoms. The first-order valence-electron chi connectivity index (χ1n) is 6.24. The highest BCUT2D eigenvalue weighted by Crippen LogP contribution is 2.16. The number of rotatable bonds is 9. The van der Waals surface area contributed by atoms with Crippen molar-refractivity contribution in [2.45, 2.75) is 25.5 Å². The third kappa shape index (κ3) is 7.89. The van der Waals surface area contributed by atoms with E-state index in [9.17, 15) is 9.59 Å². The van der Waals surface area contributed by atoms with Gasteiger partial charge >= 0.3 is 5.97 Å². The van der Waals surface area contributed by atoms with Gasteiger partial charge in [-0.25, -0.2) is 0 Å². The summed E-state index contributed by atoms with van der Waals surface area (Å²) in [6.45, 7) is 2.71. The molecule has 19 heavy (non-hydrogen) atoms. The van der Waals surface area contributed by atoms with Crippen LogP contribution in [0.3, 0.4) is 0 Å². The van der Waals surface area contributed by atoms with E-state index in [1.54, 1.807) is 30.0 Å². The second kappa shape index (κ2) is 9.86. The molecule has 0 aliphatic rings. The van der Waals surface area contributed by atoms with Gasteiger partial charge in [-0.15, -0.1) is 23.1 Å². The van der Waals surface area contributed by atoms with Gasteiger partial charge in [0.25, 0.3) is 0 Å². The normalized spacial score (nSPS) is 10.2. The van der Waals surface area contributed by atoms with Crippen LogP contribution in [0.25, 0.3) is 0 Å². The minimum Gasteiger partial charge on any atom is -0.466 e. The van der Waals surface area contributed by atoms with Crippen LogP contribution in [0.1, 0.15) is 24.6 Å². The Bertz CT molecular complexity index is 379. The summed E-state index contributed by atoms with van der Waals surface area (Å²) in [5, 5.41) is 4.83. The number of thiophene rings is 1. The summed E-state index contributed by atoms with van der Waals surface area (Å²) in [6, 6.07) is 4.07. The van der Waals surface area contributed by atoms with Gasteiger partial charge in [-0.05, 0) is 24.8 Å². The van der Waals surface area contributed by atoms with Crippen LogP contribution >= 0.6 is 23.1 Å². The van der Waals surface area contributed by atoms with Crippen molar-refractivity contribution < 1.29 is 14.3 Å². The molecule has 0 saturated heterocycles. The molecule has 0 bridgehead atoms. The summed E-state index contributed by atoms with van der Waals surface area (Å²) in [7, 11) is 0. The van der Waals surface area contributed by atoms with Crippen LogP contribution in [0.2, 0.25) is 0 Å². The van der Waals surface area contributed by atoms with Gasteiger partial charge in [0.15, 0.2) is 0 Å². The molecule has 0 radical (unpaired) electrons. The highest BCUT2D eigenvalue weighted by Gasteiger charge is 2.04. The Labute approximate surface area is 121 Å². The molecule has 1 N–H and O–H groups in total. The van der Waals surface area contributed by atoms with E-state index in [1.807, 2.05) is 11.4 Å². The largest absolute Gasteiger partial charge is 0.466 e. The van der Waals surface area contributed by atoms with E-state index in [0.717, 1.165) is 5.75 Å². The number of carbonyl (C=O) groups excluding carboxylic acids is 2. The Morgan fingerprint density at radius 1 is 1.47 bits per heavy atom. The molecule has 1 amide bonds. The summed E-state index contributed by atoms with van der Waals surface area (Å²) in [4.78, 5) is 23.8. The fraction of sp³-hybridized carbons (Fsp3) is 0.538. The average Bonchev–Trinajstić information content (AvgIpc) is 2.88. The van der Waals surface area contributed by atoms with Crippen molar-refractivity contribution in [3.05, 3.63) is 22.4 Å². The van der Waals surface area contributed by atoms with Crippen LogP contribution in [-0.4, -0.2) is 30.8 Å². The summed E-state index contributed by atoms with van der Waals surface area (Å²) in [6.07, 6.45) is 0.983. The Hall–Kier alpha value is -1.01. The zero-order valence-electron chi connectivity index (χ0n) is 11.0. The van der Waals surface area contributed by atoms with Crippen LogP contribution in [0.15, 0.2) is 17.5 Å². The number of ether oxygens (including phenoxy) is 1. The number of carbonyl (C=O) groups is 2. The van der Waals surface area contributed by atoms with Gasteiger partial charge in [0.2, 0.25) is 5.91 Å². The first kappa shape index (κ1) is 16.0. The molecule has 0 unspecified atom stereocenters. The number of hydrogen-bond acceptors (Lipinski definition) is 5. The number of esters is 1. The van der Waals surface area contributed by atoms with E-state index >= 15 is 0 Å². The van der Waals surface area contributed by atoms with Crippen molar-refractivity contribution >= 4 is 35.0 Å². The second-order valence-corrected chi connectivity index (χ2v) is 5.85. The summed E-state index contributed by atoms with van der Waals surface area (Å²) >= 11 is 3.30. The minimum atomic E-state index is -0.205. The summed E-state index contributed by atoms with van der Waals surface area (Å²) < 4.78 is 4.80. The van der Waals surface area contributed by atoms with Crippen molar-refractivity contribution in [1.82, 2.24) is 5.32 Å². The predicted molar refractivity (Wildman–Crippen MR) is 79.4 cm³/mol. The molecule has 4 nitrogen and oxygen atoms in total. The van der Waals surface area contributed by atoms with Crippen LogP contribution in [0, 0.1) is 0 Å². The average molecular weight is 301 g/mol. The maximum atomic E-state index is 11.5. The molecule has 0 atom stereocenters. The Morgan fingerprint density at radius 3 is 3.00 bits per heavy atom. The molecule has 0 aliphatic heterocycles. The van der Waals surface area contributed by atoms with Gasteiger partial charge in [-0.3, -0.25) is 9.59 Å². The lowest BCUT2D eigenvalue weighted by Crippen LogP contribution is -2.26. The Morgan fingerprint density at radius 2 is 2.32 bits per heavy atom. The highest BCUT2D eigenvalue weighted by atomic mass is 32.2. The number of thioether (sulfide) groups is 1. The number of nitrogens with one attached hydrogen (secondary N) is 1. The standard InChI is InChI=1S/C13H19NO3S2/c1-2-17-13(16)6-3-7-14-12(15)10-18-9-11-5-4-8-19-11/h4-5,8H,2-3,6-7,9-10H2,1H3,(H,14,15). The molecule has 1 aromatic rings. The van der Waals surface area contributed by atoms with Gasteiger partial charge in [-0.2, -0.15) is 0 Å². The van der Waals surface area contributed by atoms with Crippen molar-refractivity contribution in [1.29, 1.82) is 0 Å². The van der Waals surface area contributed by atoms with E-state index in [1.165, 1.54) is 4.88 Å². The van der Waals surface area contributed by atoms with E-state index in [4.69, 9.17) is 4.74 Å². The van der Waals surface area contributed by atoms with Gasteiger partial charge in [-0.1, -0.05) is 6.07 Å². The first-order chi connectivity index (χ1) is 9.22. The predicted octanol–water partition coefficient (Wildman–Crippen LogP) is 2.44. The molecule has 0 fully saturated rings. The zero-order chi connectivity index (χ0) is 13.9. The summed E-state index contributed by atoms with van der Waals surface area (Å²) in [5.41, 5.74) is 0. The third-order valence-corrected chi connectivity index (χ3v) is 4.28. The Kier molecular flexibility index (Phi) is 8.33. The fourth-order valence-electron chi connectivity index (χ4n) is 1.38. The van der Waals surface area contributed by atoms with Crippen LogP contribution in [0.4, 0.5) is 0 Å². The van der Waals surface area contributed by atoms with E-state index in [2.05, 4.69) is 11.4 Å². The molecule has 0 saturated carbocycles. The topological polar surface area (TPSA) is 55.4 Å². The lowest BCUT2D eigenvalue weighted by Gasteiger charge is -2.04. The SMILES string of the molecule is CCOC(=O)CCCNC(=O)CSCc1cccs1. The molecular formula is C13H19NO3S2. The highest BCUT2D eigenvalue weighted by molar-refractivity contribution is 7.99. The van der Waals surface area contributed by atoms with Gasteiger partial charge < -0.3 is 10.1 Å². The number of hydrogen-bond donors (Lipinski definition) is 1. The van der Waals surface area contributed by atoms with E-state index in [-0.39, 0.29) is 11.9 Å². The van der Waals surface area contributed by atoms with Gasteiger partial charge in [0.1, 0.15) is 0 Å². The van der Waals surface area contributed by atoms with E-state index < -0.39 is 0 Å². The maximum Gasteiger partial charge on any atom is 0.305 e. The molecule has 1 heterocycles. The zero-order valence-corrected chi connectivity index (χ0v) is 12.6. The van der Waals surface area contributed by atoms with Gasteiger partial charge in [0.05, 0.1) is 12.4 Å². The van der Waals surface area contributed by atoms with Crippen LogP contribution < -0.4 is 5.32 Å². The first-order valence-corrected chi connectivity index (χ1v) is 8.28. The third-order valence-electron chi connectivity index (χ3n) is 2.24. The van der Waals surface area contributed by atoms with Crippen LogP contribution in [-0.2, 0) is 20.1 Å². The molecule has 1 rings (SSSR count). The molecule has 6 heteroatoms. The molecule has 0 aliphatic carbocycles. The molecule has 0 aromatic carbocycles. The minimum absolute atomic E-state index is 0.0189. The lowest BCUT2D eigenvalue weighted by atomic mass is 10.3. The smallest absolute Gasteiger partial charge is 0.305 e. The van der Waals surface area contributed by atoms with Crippen molar-refractivity contribution in [3.8, 4) is 0 Å². The molecular weight excluding hydrogens is 282 g/mol. The van der Waals surface area contributed by atoms with Crippen molar-refractivity contribution in [2.75, 3.05) is 18.9 Å². The second-order valence-electron chi connectivity index (χ2n) is 3.83. The fourth-order valence-corrected chi connectivity index (χ4v) is 3.08.